The summed E-state index contributed by atoms with van der Waals surface area (Å²) in [7, 11) is 1.14. The highest BCUT2D eigenvalue weighted by Crippen LogP contribution is 2.30. The van der Waals surface area contributed by atoms with Crippen LogP contribution >= 0.6 is 0 Å². The molecule has 2 nitrogen and oxygen atoms in total. The van der Waals surface area contributed by atoms with E-state index in [9.17, 15) is 22.7 Å². The molecule has 0 unspecified atom stereocenters. The fraction of sp³-hybridized carbons (Fsp3) is 0.455. The standard InChI is InChI=1S/C11H13F4NO/c1-7(17)8-4-3-5-9(12)10(8)16(2)6-11(13,14)15/h3-5,7,17H,6H2,1-2H3/t7-/m1/s1. The predicted octanol–water partition coefficient (Wildman–Crippen LogP) is 2.88. The Morgan fingerprint density at radius 1 is 1.35 bits per heavy atom. The zero-order valence-corrected chi connectivity index (χ0v) is 9.42. The topological polar surface area (TPSA) is 23.5 Å². The van der Waals surface area contributed by atoms with E-state index in [1.54, 1.807) is 0 Å². The molecular formula is C11H13F4NO. The van der Waals surface area contributed by atoms with Crippen molar-refractivity contribution in [3.05, 3.63) is 29.6 Å². The van der Waals surface area contributed by atoms with Gasteiger partial charge in [0, 0.05) is 12.6 Å². The Morgan fingerprint density at radius 3 is 2.41 bits per heavy atom. The Bertz CT molecular complexity index is 390. The van der Waals surface area contributed by atoms with E-state index < -0.39 is 24.6 Å². The van der Waals surface area contributed by atoms with Gasteiger partial charge in [-0.25, -0.2) is 4.39 Å². The largest absolute Gasteiger partial charge is 0.405 e. The van der Waals surface area contributed by atoms with Gasteiger partial charge < -0.3 is 10.0 Å². The Hall–Kier alpha value is -1.30. The lowest BCUT2D eigenvalue weighted by atomic mass is 10.1. The molecule has 0 amide bonds. The molecule has 1 rings (SSSR count). The number of benzene rings is 1. The third-order valence-corrected chi connectivity index (χ3v) is 2.27. The minimum atomic E-state index is -4.42. The van der Waals surface area contributed by atoms with Gasteiger partial charge >= 0.3 is 6.18 Å². The lowest BCUT2D eigenvalue weighted by molar-refractivity contribution is -0.119. The predicted molar refractivity (Wildman–Crippen MR) is 56.4 cm³/mol. The summed E-state index contributed by atoms with van der Waals surface area (Å²) < 4.78 is 50.2. The van der Waals surface area contributed by atoms with Crippen molar-refractivity contribution in [1.29, 1.82) is 0 Å². The van der Waals surface area contributed by atoms with E-state index in [-0.39, 0.29) is 11.3 Å². The molecule has 0 aliphatic carbocycles. The van der Waals surface area contributed by atoms with Gasteiger partial charge in [0.15, 0.2) is 0 Å². The quantitative estimate of drug-likeness (QED) is 0.835. The van der Waals surface area contributed by atoms with Crippen molar-refractivity contribution in [3.8, 4) is 0 Å². The first-order valence-electron chi connectivity index (χ1n) is 4.96. The smallest absolute Gasteiger partial charge is 0.389 e. The second kappa shape index (κ2) is 4.91. The molecule has 0 aromatic heterocycles. The second-order valence-electron chi connectivity index (χ2n) is 3.82. The molecule has 0 saturated heterocycles. The molecule has 0 aliphatic rings. The van der Waals surface area contributed by atoms with Gasteiger partial charge in [0.05, 0.1) is 11.8 Å². The molecule has 0 spiro atoms. The summed E-state index contributed by atoms with van der Waals surface area (Å²) in [6, 6.07) is 3.81. The van der Waals surface area contributed by atoms with Crippen LogP contribution in [0.1, 0.15) is 18.6 Å². The van der Waals surface area contributed by atoms with Gasteiger partial charge in [-0.1, -0.05) is 12.1 Å². The zero-order chi connectivity index (χ0) is 13.2. The van der Waals surface area contributed by atoms with Gasteiger partial charge in [-0.05, 0) is 13.0 Å². The molecule has 0 aliphatic heterocycles. The van der Waals surface area contributed by atoms with Crippen LogP contribution in [0, 0.1) is 5.82 Å². The molecule has 96 valence electrons. The molecule has 0 heterocycles. The highest BCUT2D eigenvalue weighted by Gasteiger charge is 2.31. The average molecular weight is 251 g/mol. The van der Waals surface area contributed by atoms with Crippen LogP contribution in [0.15, 0.2) is 18.2 Å². The number of hydrogen-bond acceptors (Lipinski definition) is 2. The Balaban J connectivity index is 3.11. The SMILES string of the molecule is C[C@@H](O)c1cccc(F)c1N(C)CC(F)(F)F. The first-order chi connectivity index (χ1) is 7.72. The van der Waals surface area contributed by atoms with E-state index in [1.165, 1.54) is 19.1 Å². The zero-order valence-electron chi connectivity index (χ0n) is 9.42. The minimum Gasteiger partial charge on any atom is -0.389 e. The van der Waals surface area contributed by atoms with Crippen molar-refractivity contribution in [2.24, 2.45) is 0 Å². The van der Waals surface area contributed by atoms with E-state index in [2.05, 4.69) is 0 Å². The molecular weight excluding hydrogens is 238 g/mol. The van der Waals surface area contributed by atoms with E-state index in [1.807, 2.05) is 0 Å². The van der Waals surface area contributed by atoms with Crippen molar-refractivity contribution < 1.29 is 22.7 Å². The van der Waals surface area contributed by atoms with Crippen LogP contribution in [0.5, 0.6) is 0 Å². The second-order valence-corrected chi connectivity index (χ2v) is 3.82. The maximum atomic E-state index is 13.5. The number of nitrogens with zero attached hydrogens (tertiary/aromatic N) is 1. The summed E-state index contributed by atoms with van der Waals surface area (Å²) in [5, 5.41) is 9.40. The summed E-state index contributed by atoms with van der Waals surface area (Å²) in [5.74, 6) is -0.782. The van der Waals surface area contributed by atoms with Gasteiger partial charge in [0.25, 0.3) is 0 Å². The number of aliphatic hydroxyl groups excluding tert-OH is 1. The maximum absolute atomic E-state index is 13.5. The third kappa shape index (κ3) is 3.59. The summed E-state index contributed by atoms with van der Waals surface area (Å²) in [6.45, 7) is 0.105. The van der Waals surface area contributed by atoms with Crippen LogP contribution < -0.4 is 4.90 Å². The first-order valence-corrected chi connectivity index (χ1v) is 4.96. The van der Waals surface area contributed by atoms with Crippen molar-refractivity contribution >= 4 is 5.69 Å². The van der Waals surface area contributed by atoms with Crippen molar-refractivity contribution in [2.75, 3.05) is 18.5 Å². The molecule has 1 aromatic carbocycles. The summed E-state index contributed by atoms with van der Waals surface area (Å²) in [5.41, 5.74) is -0.0865. The van der Waals surface area contributed by atoms with Gasteiger partial charge in [0.1, 0.15) is 12.4 Å². The van der Waals surface area contributed by atoms with Crippen LogP contribution in [0.2, 0.25) is 0 Å². The molecule has 0 bridgehead atoms. The molecule has 0 fully saturated rings. The minimum absolute atomic E-state index is 0.136. The number of alkyl halides is 3. The van der Waals surface area contributed by atoms with Gasteiger partial charge in [-0.3, -0.25) is 0 Å². The Morgan fingerprint density at radius 2 is 1.94 bits per heavy atom. The van der Waals surface area contributed by atoms with Gasteiger partial charge in [-0.15, -0.1) is 0 Å². The number of anilines is 1. The van der Waals surface area contributed by atoms with Gasteiger partial charge in [0.2, 0.25) is 0 Å². The number of hydrogen-bond donors (Lipinski definition) is 1. The third-order valence-electron chi connectivity index (χ3n) is 2.27. The van der Waals surface area contributed by atoms with Crippen LogP contribution in [0.3, 0.4) is 0 Å². The Labute approximate surface area is 96.5 Å². The number of para-hydroxylation sites is 1. The highest BCUT2D eigenvalue weighted by molar-refractivity contribution is 5.55. The number of rotatable bonds is 3. The molecule has 0 radical (unpaired) electrons. The molecule has 17 heavy (non-hydrogen) atoms. The van der Waals surface area contributed by atoms with Crippen LogP contribution in [0.25, 0.3) is 0 Å². The van der Waals surface area contributed by atoms with E-state index in [0.717, 1.165) is 18.0 Å². The Kier molecular flexibility index (Phi) is 3.98. The molecule has 0 saturated carbocycles. The van der Waals surface area contributed by atoms with Gasteiger partial charge in [-0.2, -0.15) is 13.2 Å². The number of aliphatic hydroxyl groups is 1. The van der Waals surface area contributed by atoms with E-state index in [4.69, 9.17) is 0 Å². The normalized spacial score (nSPS) is 13.6. The lowest BCUT2D eigenvalue weighted by Crippen LogP contribution is -2.32. The molecule has 1 atom stereocenters. The lowest BCUT2D eigenvalue weighted by Gasteiger charge is -2.25. The fourth-order valence-electron chi connectivity index (χ4n) is 1.62. The van der Waals surface area contributed by atoms with E-state index in [0.29, 0.717) is 0 Å². The highest BCUT2D eigenvalue weighted by atomic mass is 19.4. The monoisotopic (exact) mass is 251 g/mol. The van der Waals surface area contributed by atoms with Crippen LogP contribution in [0.4, 0.5) is 23.2 Å². The average Bonchev–Trinajstić information content (AvgIpc) is 2.13. The summed E-state index contributed by atoms with van der Waals surface area (Å²) >= 11 is 0. The van der Waals surface area contributed by atoms with Crippen molar-refractivity contribution in [2.45, 2.75) is 19.2 Å². The number of halogens is 4. The molecule has 1 N–H and O–H groups in total. The first kappa shape index (κ1) is 13.8. The van der Waals surface area contributed by atoms with Crippen molar-refractivity contribution in [1.82, 2.24) is 0 Å². The summed E-state index contributed by atoms with van der Waals surface area (Å²) in [4.78, 5) is 0.747. The van der Waals surface area contributed by atoms with Crippen LogP contribution in [-0.2, 0) is 0 Å². The summed E-state index contributed by atoms with van der Waals surface area (Å²) in [6.07, 6.45) is -5.45. The maximum Gasteiger partial charge on any atom is 0.405 e. The fourth-order valence-corrected chi connectivity index (χ4v) is 1.62. The molecule has 6 heteroatoms. The molecule has 1 aromatic rings. The van der Waals surface area contributed by atoms with Crippen LogP contribution in [-0.4, -0.2) is 24.9 Å². The van der Waals surface area contributed by atoms with E-state index >= 15 is 0 Å². The van der Waals surface area contributed by atoms with Crippen molar-refractivity contribution in [3.63, 3.8) is 0 Å².